The zero-order valence-electron chi connectivity index (χ0n) is 10.6. The van der Waals surface area contributed by atoms with Gasteiger partial charge in [-0.2, -0.15) is 0 Å². The molecule has 0 unspecified atom stereocenters. The topological polar surface area (TPSA) is 20.2 Å². The van der Waals surface area contributed by atoms with Gasteiger partial charge in [0, 0.05) is 5.92 Å². The molecule has 1 aliphatic carbocycles. The number of hydrogen-bond acceptors (Lipinski definition) is 1. The quantitative estimate of drug-likeness (QED) is 0.688. The molecule has 0 radical (unpaired) electrons. The Kier molecular flexibility index (Phi) is 3.77. The first kappa shape index (κ1) is 12.5. The van der Waals surface area contributed by atoms with E-state index in [0.29, 0.717) is 17.3 Å². The van der Waals surface area contributed by atoms with E-state index in [9.17, 15) is 5.11 Å². The summed E-state index contributed by atoms with van der Waals surface area (Å²) < 4.78 is 0. The van der Waals surface area contributed by atoms with Crippen LogP contribution in [0.4, 0.5) is 0 Å². The highest BCUT2D eigenvalue weighted by Crippen LogP contribution is 2.45. The molecule has 0 amide bonds. The molecule has 1 N–H and O–H groups in total. The fourth-order valence-corrected chi connectivity index (χ4v) is 2.36. The van der Waals surface area contributed by atoms with Crippen LogP contribution in [0.5, 0.6) is 0 Å². The Hall–Kier alpha value is -0.560. The molecule has 1 aliphatic rings. The van der Waals surface area contributed by atoms with Gasteiger partial charge in [0.1, 0.15) is 0 Å². The van der Waals surface area contributed by atoms with Gasteiger partial charge in [-0.05, 0) is 31.6 Å². The van der Waals surface area contributed by atoms with E-state index >= 15 is 0 Å². The van der Waals surface area contributed by atoms with Crippen molar-refractivity contribution >= 4 is 0 Å². The maximum Gasteiger partial charge on any atom is 0.0692 e. The second kappa shape index (κ2) is 4.52. The van der Waals surface area contributed by atoms with E-state index in [0.717, 1.165) is 0 Å². The third kappa shape index (κ3) is 2.72. The zero-order chi connectivity index (χ0) is 11.6. The van der Waals surface area contributed by atoms with Gasteiger partial charge in [-0.3, -0.25) is 0 Å². The van der Waals surface area contributed by atoms with Crippen molar-refractivity contribution in [2.75, 3.05) is 0 Å². The summed E-state index contributed by atoms with van der Waals surface area (Å²) >= 11 is 0. The van der Waals surface area contributed by atoms with Crippen molar-refractivity contribution in [1.29, 1.82) is 0 Å². The molecule has 0 aromatic rings. The molecule has 0 saturated carbocycles. The lowest BCUT2D eigenvalue weighted by molar-refractivity contribution is 0.166. The summed E-state index contributed by atoms with van der Waals surface area (Å²) in [5.74, 6) is 1.17. The van der Waals surface area contributed by atoms with Gasteiger partial charge in [0.2, 0.25) is 0 Å². The van der Waals surface area contributed by atoms with Gasteiger partial charge < -0.3 is 5.11 Å². The van der Waals surface area contributed by atoms with E-state index in [4.69, 9.17) is 0 Å². The van der Waals surface area contributed by atoms with Crippen LogP contribution in [0.1, 0.15) is 41.0 Å². The van der Waals surface area contributed by atoms with Crippen molar-refractivity contribution in [3.05, 3.63) is 23.8 Å². The van der Waals surface area contributed by atoms with Gasteiger partial charge in [0.15, 0.2) is 0 Å². The van der Waals surface area contributed by atoms with Gasteiger partial charge in [-0.25, -0.2) is 0 Å². The molecule has 0 aromatic heterocycles. The molecule has 0 fully saturated rings. The largest absolute Gasteiger partial charge is 0.389 e. The predicted octanol–water partition coefficient (Wildman–Crippen LogP) is 3.55. The van der Waals surface area contributed by atoms with Gasteiger partial charge in [-0.15, -0.1) is 0 Å². The van der Waals surface area contributed by atoms with E-state index in [-0.39, 0.29) is 6.10 Å². The molecule has 15 heavy (non-hydrogen) atoms. The molecule has 86 valence electrons. The van der Waals surface area contributed by atoms with Crippen molar-refractivity contribution in [2.24, 2.45) is 17.3 Å². The Labute approximate surface area is 93.9 Å². The molecular formula is C14H24O. The lowest BCUT2D eigenvalue weighted by Gasteiger charge is -2.42. The van der Waals surface area contributed by atoms with Crippen molar-refractivity contribution in [1.82, 2.24) is 0 Å². The van der Waals surface area contributed by atoms with Crippen molar-refractivity contribution in [3.63, 3.8) is 0 Å². The number of aliphatic hydroxyl groups is 1. The molecule has 1 rings (SSSR count). The fraction of sp³-hybridized carbons (Fsp3) is 0.714. The highest BCUT2D eigenvalue weighted by Gasteiger charge is 2.36. The fourth-order valence-electron chi connectivity index (χ4n) is 2.36. The summed E-state index contributed by atoms with van der Waals surface area (Å²) in [7, 11) is 0. The minimum atomic E-state index is -0.342. The smallest absolute Gasteiger partial charge is 0.0692 e. The van der Waals surface area contributed by atoms with Crippen LogP contribution in [-0.4, -0.2) is 11.2 Å². The summed E-state index contributed by atoms with van der Waals surface area (Å²) in [4.78, 5) is 0. The summed E-state index contributed by atoms with van der Waals surface area (Å²) in [5, 5.41) is 9.30. The van der Waals surface area contributed by atoms with Crippen LogP contribution in [0, 0.1) is 17.3 Å². The van der Waals surface area contributed by atoms with Crippen molar-refractivity contribution in [3.8, 4) is 0 Å². The second-order valence-corrected chi connectivity index (χ2v) is 5.51. The Balaban J connectivity index is 2.92. The first-order chi connectivity index (χ1) is 6.85. The highest BCUT2D eigenvalue weighted by atomic mass is 16.3. The van der Waals surface area contributed by atoms with Gasteiger partial charge in [0.05, 0.1) is 6.10 Å². The average molecular weight is 208 g/mol. The number of aliphatic hydroxyl groups excluding tert-OH is 1. The standard InChI is InChI=1S/C14H24O/c1-10-6-7-11(2)14(4,5)13(10)9-8-12(3)15/h6,8-9,11-13,15H,7H2,1-5H3/t11-,12-,13+/m1/s1. The molecular weight excluding hydrogens is 184 g/mol. The summed E-state index contributed by atoms with van der Waals surface area (Å²) in [6, 6.07) is 0. The maximum absolute atomic E-state index is 9.30. The molecule has 1 heteroatoms. The van der Waals surface area contributed by atoms with Crippen LogP contribution < -0.4 is 0 Å². The van der Waals surface area contributed by atoms with Crippen LogP contribution in [0.2, 0.25) is 0 Å². The zero-order valence-corrected chi connectivity index (χ0v) is 10.6. The molecule has 0 spiro atoms. The summed E-state index contributed by atoms with van der Waals surface area (Å²) in [6.07, 6.45) is 7.25. The number of hydrogen-bond donors (Lipinski definition) is 1. The predicted molar refractivity (Wildman–Crippen MR) is 65.6 cm³/mol. The van der Waals surface area contributed by atoms with E-state index < -0.39 is 0 Å². The molecule has 1 nitrogen and oxygen atoms in total. The maximum atomic E-state index is 9.30. The molecule has 0 saturated heterocycles. The molecule has 0 heterocycles. The first-order valence-electron chi connectivity index (χ1n) is 5.88. The number of allylic oxidation sites excluding steroid dienone is 3. The third-order valence-electron chi connectivity index (χ3n) is 3.94. The average Bonchev–Trinajstić information content (AvgIpc) is 2.11. The van der Waals surface area contributed by atoms with Crippen LogP contribution in [-0.2, 0) is 0 Å². The Morgan fingerprint density at radius 3 is 2.67 bits per heavy atom. The summed E-state index contributed by atoms with van der Waals surface area (Å²) in [5.41, 5.74) is 1.74. The van der Waals surface area contributed by atoms with E-state index in [1.54, 1.807) is 6.92 Å². The highest BCUT2D eigenvalue weighted by molar-refractivity contribution is 5.20. The third-order valence-corrected chi connectivity index (χ3v) is 3.94. The van der Waals surface area contributed by atoms with Gasteiger partial charge in [-0.1, -0.05) is 44.6 Å². The molecule has 0 aliphatic heterocycles. The van der Waals surface area contributed by atoms with Crippen LogP contribution >= 0.6 is 0 Å². The van der Waals surface area contributed by atoms with Gasteiger partial charge in [0.25, 0.3) is 0 Å². The van der Waals surface area contributed by atoms with Crippen LogP contribution in [0.15, 0.2) is 23.8 Å². The Bertz CT molecular complexity index is 271. The SMILES string of the molecule is CC1=CC[C@@H](C)C(C)(C)[C@H]1C=C[C@@H](C)O. The molecule has 0 bridgehead atoms. The monoisotopic (exact) mass is 208 g/mol. The normalized spacial score (nSPS) is 32.8. The van der Waals surface area contributed by atoms with E-state index in [1.165, 1.54) is 12.0 Å². The van der Waals surface area contributed by atoms with Gasteiger partial charge >= 0.3 is 0 Å². The minimum Gasteiger partial charge on any atom is -0.389 e. The van der Waals surface area contributed by atoms with Crippen LogP contribution in [0.25, 0.3) is 0 Å². The van der Waals surface area contributed by atoms with Crippen LogP contribution in [0.3, 0.4) is 0 Å². The first-order valence-corrected chi connectivity index (χ1v) is 5.88. The Morgan fingerprint density at radius 2 is 2.13 bits per heavy atom. The lowest BCUT2D eigenvalue weighted by atomic mass is 9.63. The lowest BCUT2D eigenvalue weighted by Crippen LogP contribution is -2.33. The molecule has 0 aromatic carbocycles. The summed E-state index contributed by atoms with van der Waals surface area (Å²) in [6.45, 7) is 11.0. The van der Waals surface area contributed by atoms with E-state index in [1.807, 2.05) is 6.08 Å². The Morgan fingerprint density at radius 1 is 1.53 bits per heavy atom. The van der Waals surface area contributed by atoms with Crippen molar-refractivity contribution < 1.29 is 5.11 Å². The van der Waals surface area contributed by atoms with Crippen molar-refractivity contribution in [2.45, 2.75) is 47.1 Å². The minimum absolute atomic E-state index is 0.296. The second-order valence-electron chi connectivity index (χ2n) is 5.51. The molecule has 3 atom stereocenters. The van der Waals surface area contributed by atoms with E-state index in [2.05, 4.69) is 39.8 Å². The number of rotatable bonds is 2.